The van der Waals surface area contributed by atoms with Crippen LogP contribution in [0.25, 0.3) is 0 Å². The van der Waals surface area contributed by atoms with Crippen molar-refractivity contribution < 1.29 is 14.4 Å². The molecule has 0 aromatic carbocycles. The summed E-state index contributed by atoms with van der Waals surface area (Å²) < 4.78 is -0.528. The average molecular weight is 311 g/mol. The van der Waals surface area contributed by atoms with Crippen molar-refractivity contribution in [1.29, 1.82) is 0 Å². The zero-order valence-corrected chi connectivity index (χ0v) is 16.8. The predicted octanol–water partition coefficient (Wildman–Crippen LogP) is 2.27. The predicted molar refractivity (Wildman–Crippen MR) is 85.1 cm³/mol. The summed E-state index contributed by atoms with van der Waals surface area (Å²) in [6, 6.07) is 0. The van der Waals surface area contributed by atoms with Crippen LogP contribution in [-0.2, 0) is 0 Å². The Morgan fingerprint density at radius 1 is 0.529 bits per heavy atom. The van der Waals surface area contributed by atoms with E-state index >= 15 is 0 Å². The molecule has 0 atom stereocenters. The van der Waals surface area contributed by atoms with Gasteiger partial charge in [-0.2, -0.15) is 0 Å². The van der Waals surface area contributed by atoms with Gasteiger partial charge in [0.15, 0.2) is 0 Å². The molecule has 104 valence electrons. The quantitative estimate of drug-likeness (QED) is 0.698. The molecular weight excluding hydrogens is 280 g/mol. The third kappa shape index (κ3) is 2.70. The Balaban J connectivity index is 6.37. The third-order valence-electron chi connectivity index (χ3n) is 3.88. The molecule has 0 radical (unpaired) electrons. The highest BCUT2D eigenvalue weighted by Gasteiger charge is 2.72. The number of hydrogen-bond donors (Lipinski definition) is 3. The zero-order valence-electron chi connectivity index (χ0n) is 12.8. The van der Waals surface area contributed by atoms with Crippen molar-refractivity contribution in [1.82, 2.24) is 0 Å². The van der Waals surface area contributed by atoms with E-state index in [9.17, 15) is 14.4 Å². The van der Waals surface area contributed by atoms with Crippen LogP contribution < -0.4 is 0 Å². The topological polar surface area (TPSA) is 60.7 Å². The first-order valence-electron chi connectivity index (χ1n) is 6.17. The Morgan fingerprint density at radius 2 is 0.706 bits per heavy atom. The molecule has 0 heterocycles. The van der Waals surface area contributed by atoms with Gasteiger partial charge in [-0.3, -0.25) is 0 Å². The second-order valence-electron chi connectivity index (χ2n) is 8.14. The van der Waals surface area contributed by atoms with Gasteiger partial charge in [0, 0.05) is 3.91 Å². The minimum atomic E-state index is -4.16. The van der Waals surface area contributed by atoms with Crippen LogP contribution in [0, 0.1) is 0 Å². The van der Waals surface area contributed by atoms with Crippen LogP contribution in [0.2, 0.25) is 62.8 Å². The van der Waals surface area contributed by atoms with Crippen LogP contribution in [0.15, 0.2) is 0 Å². The van der Waals surface area contributed by atoms with Crippen LogP contribution in [0.4, 0.5) is 0 Å². The standard InChI is InChI=1S/C10H30O3Si4/c1-14(2,3)10(15(4,5)6,16(7,8)9)17(11,12)13/h11-13H,1-9H3. The van der Waals surface area contributed by atoms with E-state index in [1.54, 1.807) is 0 Å². The fourth-order valence-electron chi connectivity index (χ4n) is 4.88. The SMILES string of the molecule is C[Si](C)(C)C([Si](C)(C)C)([Si](C)(C)C)[Si](O)(O)O. The maximum atomic E-state index is 10.3. The van der Waals surface area contributed by atoms with E-state index in [1.807, 2.05) is 0 Å². The van der Waals surface area contributed by atoms with Gasteiger partial charge in [-0.1, -0.05) is 58.9 Å². The van der Waals surface area contributed by atoms with E-state index in [0.29, 0.717) is 0 Å². The highest BCUT2D eigenvalue weighted by atomic mass is 28.5. The lowest BCUT2D eigenvalue weighted by Gasteiger charge is -2.60. The molecular formula is C10H30O3Si4. The molecule has 0 rings (SSSR count). The Bertz CT molecular complexity index is 216. The summed E-state index contributed by atoms with van der Waals surface area (Å²) in [7, 11) is -9.88. The molecule has 0 aliphatic carbocycles. The summed E-state index contributed by atoms with van der Waals surface area (Å²) in [5, 5.41) is 0. The van der Waals surface area contributed by atoms with Crippen molar-refractivity contribution >= 4 is 33.0 Å². The smallest absolute Gasteiger partial charge is 0.390 e. The van der Waals surface area contributed by atoms with Crippen LogP contribution in [0.5, 0.6) is 0 Å². The Morgan fingerprint density at radius 3 is 0.706 bits per heavy atom. The lowest BCUT2D eigenvalue weighted by atomic mass is 11.6. The fraction of sp³-hybridized carbons (Fsp3) is 1.00. The molecule has 0 fully saturated rings. The van der Waals surface area contributed by atoms with Crippen molar-refractivity contribution in [2.45, 2.75) is 62.8 Å². The van der Waals surface area contributed by atoms with Crippen molar-refractivity contribution in [2.75, 3.05) is 0 Å². The number of rotatable bonds is 4. The molecule has 0 saturated heterocycles. The summed E-state index contributed by atoms with van der Waals surface area (Å²) in [6.45, 7) is 19.6. The van der Waals surface area contributed by atoms with Gasteiger partial charge in [0.05, 0.1) is 24.2 Å². The third-order valence-corrected chi connectivity index (χ3v) is 34.9. The Hall–Kier alpha value is 0.748. The molecule has 3 nitrogen and oxygen atoms in total. The van der Waals surface area contributed by atoms with E-state index in [4.69, 9.17) is 0 Å². The highest BCUT2D eigenvalue weighted by molar-refractivity contribution is 7.26. The molecule has 0 aromatic heterocycles. The molecule has 0 amide bonds. The van der Waals surface area contributed by atoms with Crippen molar-refractivity contribution in [3.63, 3.8) is 0 Å². The first-order valence-corrected chi connectivity index (χ1v) is 18.5. The molecule has 0 aliphatic heterocycles. The second kappa shape index (κ2) is 4.39. The van der Waals surface area contributed by atoms with Gasteiger partial charge >= 0.3 is 8.80 Å². The first kappa shape index (κ1) is 17.7. The summed E-state index contributed by atoms with van der Waals surface area (Å²) in [5.41, 5.74) is 0. The van der Waals surface area contributed by atoms with Gasteiger partial charge in [0.2, 0.25) is 0 Å². The zero-order chi connectivity index (χ0) is 14.5. The van der Waals surface area contributed by atoms with Gasteiger partial charge in [0.1, 0.15) is 0 Å². The summed E-state index contributed by atoms with van der Waals surface area (Å²) in [4.78, 5) is 30.9. The fourth-order valence-corrected chi connectivity index (χ4v) is 44.0. The van der Waals surface area contributed by atoms with E-state index in [0.717, 1.165) is 0 Å². The molecule has 17 heavy (non-hydrogen) atoms. The van der Waals surface area contributed by atoms with Gasteiger partial charge in [0.25, 0.3) is 0 Å². The minimum Gasteiger partial charge on any atom is -0.390 e. The summed E-state index contributed by atoms with van der Waals surface area (Å²) >= 11 is 0. The van der Waals surface area contributed by atoms with E-state index in [2.05, 4.69) is 58.9 Å². The first-order chi connectivity index (χ1) is 7.00. The molecule has 0 aliphatic rings. The molecule has 7 heteroatoms. The Kier molecular flexibility index (Phi) is 4.59. The van der Waals surface area contributed by atoms with E-state index in [1.165, 1.54) is 0 Å². The van der Waals surface area contributed by atoms with Gasteiger partial charge in [-0.15, -0.1) is 0 Å². The van der Waals surface area contributed by atoms with Crippen molar-refractivity contribution in [3.8, 4) is 0 Å². The van der Waals surface area contributed by atoms with Crippen molar-refractivity contribution in [2.24, 2.45) is 0 Å². The minimum absolute atomic E-state index is 0.528. The van der Waals surface area contributed by atoms with Gasteiger partial charge in [-0.25, -0.2) is 0 Å². The number of hydrogen-bond acceptors (Lipinski definition) is 3. The van der Waals surface area contributed by atoms with Crippen LogP contribution >= 0.6 is 0 Å². The van der Waals surface area contributed by atoms with E-state index < -0.39 is 36.9 Å². The van der Waals surface area contributed by atoms with Gasteiger partial charge in [-0.05, 0) is 0 Å². The molecule has 0 unspecified atom stereocenters. The summed E-state index contributed by atoms with van der Waals surface area (Å²) in [5.74, 6) is 0. The van der Waals surface area contributed by atoms with Gasteiger partial charge < -0.3 is 14.4 Å². The lowest BCUT2D eigenvalue weighted by molar-refractivity contribution is 0.223. The van der Waals surface area contributed by atoms with Crippen molar-refractivity contribution in [3.05, 3.63) is 0 Å². The normalized spacial score (nSPS) is 16.2. The maximum absolute atomic E-state index is 10.3. The lowest BCUT2D eigenvalue weighted by Crippen LogP contribution is -2.78. The van der Waals surface area contributed by atoms with E-state index in [-0.39, 0.29) is 0 Å². The van der Waals surface area contributed by atoms with Crippen LogP contribution in [0.3, 0.4) is 0 Å². The van der Waals surface area contributed by atoms with Crippen LogP contribution in [-0.4, -0.2) is 47.4 Å². The highest BCUT2D eigenvalue weighted by Crippen LogP contribution is 2.57. The monoisotopic (exact) mass is 310 g/mol. The largest absolute Gasteiger partial charge is 0.490 e. The Labute approximate surface area is 110 Å². The van der Waals surface area contributed by atoms with Crippen LogP contribution in [0.1, 0.15) is 0 Å². The molecule has 3 N–H and O–H groups in total. The average Bonchev–Trinajstić information content (AvgIpc) is 1.67. The molecule has 0 saturated carbocycles. The summed E-state index contributed by atoms with van der Waals surface area (Å²) in [6.07, 6.45) is 0. The molecule has 0 aromatic rings. The maximum Gasteiger partial charge on any atom is 0.490 e. The molecule has 0 bridgehead atoms. The second-order valence-corrected chi connectivity index (χ2v) is 28.9. The molecule has 0 spiro atoms.